The number of piperidine rings is 1. The molecule has 1 atom stereocenters. The van der Waals surface area contributed by atoms with E-state index in [4.69, 9.17) is 4.74 Å². The summed E-state index contributed by atoms with van der Waals surface area (Å²) in [5, 5.41) is 6.90. The first kappa shape index (κ1) is 20.7. The highest BCUT2D eigenvalue weighted by Crippen LogP contribution is 2.46. The predicted molar refractivity (Wildman–Crippen MR) is 126 cm³/mol. The van der Waals surface area contributed by atoms with Gasteiger partial charge in [-0.1, -0.05) is 0 Å². The lowest BCUT2D eigenvalue weighted by Crippen LogP contribution is -2.46. The minimum Gasteiger partial charge on any atom is -0.497 e. The van der Waals surface area contributed by atoms with Gasteiger partial charge < -0.3 is 20.3 Å². The Kier molecular flexibility index (Phi) is 5.22. The van der Waals surface area contributed by atoms with Gasteiger partial charge in [-0.15, -0.1) is 11.3 Å². The molecule has 1 fully saturated rings. The van der Waals surface area contributed by atoms with Gasteiger partial charge in [-0.3, -0.25) is 9.69 Å². The van der Waals surface area contributed by atoms with Gasteiger partial charge in [-0.25, -0.2) is 9.78 Å². The number of aryl methyl sites for hydroxylation is 1. The third-order valence-corrected chi connectivity index (χ3v) is 7.15. The van der Waals surface area contributed by atoms with Gasteiger partial charge in [0, 0.05) is 18.8 Å². The van der Waals surface area contributed by atoms with Crippen LogP contribution in [0.5, 0.6) is 5.75 Å². The number of amides is 3. The molecule has 3 amide bonds. The van der Waals surface area contributed by atoms with Crippen LogP contribution >= 0.6 is 11.3 Å². The molecule has 9 heteroatoms. The number of anilines is 3. The highest BCUT2D eigenvalue weighted by atomic mass is 32.1. The largest absolute Gasteiger partial charge is 0.497 e. The summed E-state index contributed by atoms with van der Waals surface area (Å²) in [5.74, 6) is 0.565. The van der Waals surface area contributed by atoms with Crippen LogP contribution in [0.15, 0.2) is 30.5 Å². The van der Waals surface area contributed by atoms with Crippen molar-refractivity contribution >= 4 is 50.6 Å². The second-order valence-corrected chi connectivity index (χ2v) is 9.31. The summed E-state index contributed by atoms with van der Waals surface area (Å²) in [7, 11) is 3.68. The zero-order valence-electron chi connectivity index (χ0n) is 18.3. The van der Waals surface area contributed by atoms with E-state index < -0.39 is 0 Å². The molecule has 0 radical (unpaired) electrons. The number of thiophene rings is 1. The Bertz CT molecular complexity index is 1220. The predicted octanol–water partition coefficient (Wildman–Crippen LogP) is 4.12. The molecule has 3 aromatic rings. The third kappa shape index (κ3) is 3.47. The molecule has 0 aliphatic carbocycles. The summed E-state index contributed by atoms with van der Waals surface area (Å²) < 4.78 is 5.30. The monoisotopic (exact) mass is 451 g/mol. The Morgan fingerprint density at radius 1 is 1.31 bits per heavy atom. The minimum atomic E-state index is -0.303. The van der Waals surface area contributed by atoms with Gasteiger partial charge in [0.1, 0.15) is 15.5 Å². The zero-order chi connectivity index (χ0) is 22.4. The van der Waals surface area contributed by atoms with Gasteiger partial charge in [0.15, 0.2) is 0 Å². The molecule has 2 aromatic heterocycles. The maximum absolute atomic E-state index is 13.2. The van der Waals surface area contributed by atoms with Gasteiger partial charge in [-0.05, 0) is 63.2 Å². The summed E-state index contributed by atoms with van der Waals surface area (Å²) in [4.78, 5) is 36.0. The van der Waals surface area contributed by atoms with Crippen LogP contribution in [-0.4, -0.2) is 55.1 Å². The number of carbonyl (C=O) groups excluding carboxylic acids is 2. The molecular weight excluding hydrogens is 426 g/mol. The van der Waals surface area contributed by atoms with Crippen molar-refractivity contribution in [2.45, 2.75) is 25.8 Å². The van der Waals surface area contributed by atoms with Gasteiger partial charge in [0.2, 0.25) is 0 Å². The van der Waals surface area contributed by atoms with Crippen LogP contribution in [0, 0.1) is 6.92 Å². The average molecular weight is 452 g/mol. The number of likely N-dealkylation sites (tertiary alicyclic amines) is 1. The van der Waals surface area contributed by atoms with E-state index in [-0.39, 0.29) is 18.0 Å². The number of nitrogens with zero attached hydrogens (tertiary/aromatic N) is 3. The molecule has 166 valence electrons. The molecular formula is C23H25N5O3S. The highest BCUT2D eigenvalue weighted by molar-refractivity contribution is 7.21. The summed E-state index contributed by atoms with van der Waals surface area (Å²) >= 11 is 1.31. The Morgan fingerprint density at radius 3 is 2.91 bits per heavy atom. The first-order valence-electron chi connectivity index (χ1n) is 10.6. The van der Waals surface area contributed by atoms with Crippen LogP contribution < -0.4 is 20.3 Å². The van der Waals surface area contributed by atoms with Gasteiger partial charge in [-0.2, -0.15) is 0 Å². The van der Waals surface area contributed by atoms with E-state index in [1.807, 2.05) is 31.2 Å². The van der Waals surface area contributed by atoms with Gasteiger partial charge >= 0.3 is 6.03 Å². The van der Waals surface area contributed by atoms with Crippen LogP contribution in [0.4, 0.5) is 21.9 Å². The summed E-state index contributed by atoms with van der Waals surface area (Å²) in [6.07, 6.45) is 3.69. The number of urea groups is 1. The molecule has 8 nitrogen and oxygen atoms in total. The molecule has 0 bridgehead atoms. The molecule has 2 N–H and O–H groups in total. The van der Waals surface area contributed by atoms with Crippen molar-refractivity contribution in [2.24, 2.45) is 0 Å². The molecule has 4 heterocycles. The maximum Gasteiger partial charge on any atom is 0.331 e. The van der Waals surface area contributed by atoms with Crippen molar-refractivity contribution in [3.8, 4) is 5.75 Å². The molecule has 0 unspecified atom stereocenters. The number of hydrogen-bond donors (Lipinski definition) is 2. The van der Waals surface area contributed by atoms with E-state index >= 15 is 0 Å². The number of rotatable bonds is 4. The number of hydrogen-bond acceptors (Lipinski definition) is 6. The van der Waals surface area contributed by atoms with E-state index in [0.29, 0.717) is 10.6 Å². The van der Waals surface area contributed by atoms with Crippen LogP contribution in [0.2, 0.25) is 0 Å². The van der Waals surface area contributed by atoms with E-state index in [0.717, 1.165) is 58.8 Å². The number of ether oxygens (including phenoxy) is 1. The van der Waals surface area contributed by atoms with Crippen LogP contribution in [-0.2, 0) is 0 Å². The Morgan fingerprint density at radius 2 is 2.16 bits per heavy atom. The fraction of sp³-hybridized carbons (Fsp3) is 0.348. The standard InChI is InChI=1S/C23H25N5O3S/c1-13-11-15(31-3)6-7-16(13)28-17-8-9-24-22-18(17)19(26-23(28)30)20(32-22)21(29)25-14-5-4-10-27(2)12-14/h6-9,11,14H,4-5,10,12H2,1-3H3,(H,25,29)(H,26,30)/t14-/m1/s1. The van der Waals surface area contributed by atoms with E-state index in [9.17, 15) is 9.59 Å². The normalized spacial score (nSPS) is 18.5. The van der Waals surface area contributed by atoms with E-state index in [1.165, 1.54) is 11.3 Å². The topological polar surface area (TPSA) is 86.8 Å². The number of benzene rings is 1. The summed E-state index contributed by atoms with van der Waals surface area (Å²) in [6.45, 7) is 3.81. The van der Waals surface area contributed by atoms with Crippen molar-refractivity contribution in [1.82, 2.24) is 15.2 Å². The van der Waals surface area contributed by atoms with Crippen LogP contribution in [0.25, 0.3) is 10.2 Å². The van der Waals surface area contributed by atoms with Crippen molar-refractivity contribution < 1.29 is 14.3 Å². The fourth-order valence-corrected chi connectivity index (χ4v) is 5.55. The van der Waals surface area contributed by atoms with Gasteiger partial charge in [0.25, 0.3) is 5.91 Å². The second-order valence-electron chi connectivity index (χ2n) is 8.31. The highest BCUT2D eigenvalue weighted by Gasteiger charge is 2.34. The van der Waals surface area contributed by atoms with Crippen LogP contribution in [0.1, 0.15) is 28.1 Å². The Balaban J connectivity index is 1.54. The van der Waals surface area contributed by atoms with Crippen molar-refractivity contribution in [1.29, 1.82) is 0 Å². The maximum atomic E-state index is 13.2. The van der Waals surface area contributed by atoms with Crippen molar-refractivity contribution in [2.75, 3.05) is 37.5 Å². The summed E-state index contributed by atoms with van der Waals surface area (Å²) in [6, 6.07) is 7.21. The number of nitrogens with one attached hydrogen (secondary N) is 2. The van der Waals surface area contributed by atoms with Gasteiger partial charge in [0.05, 0.1) is 29.6 Å². The lowest BCUT2D eigenvalue weighted by Gasteiger charge is -2.31. The summed E-state index contributed by atoms with van der Waals surface area (Å²) in [5.41, 5.74) is 2.92. The lowest BCUT2D eigenvalue weighted by atomic mass is 10.1. The number of pyridine rings is 1. The molecule has 1 saturated heterocycles. The molecule has 1 aromatic carbocycles. The lowest BCUT2D eigenvalue weighted by molar-refractivity contribution is 0.0917. The van der Waals surface area contributed by atoms with Crippen LogP contribution in [0.3, 0.4) is 0 Å². The molecule has 32 heavy (non-hydrogen) atoms. The smallest absolute Gasteiger partial charge is 0.331 e. The average Bonchev–Trinajstić information content (AvgIpc) is 3.14. The molecule has 5 rings (SSSR count). The second kappa shape index (κ2) is 8.07. The Labute approximate surface area is 190 Å². The first-order chi connectivity index (χ1) is 15.5. The number of aromatic nitrogens is 1. The molecule has 2 aliphatic heterocycles. The minimum absolute atomic E-state index is 0.101. The Hall–Kier alpha value is -3.17. The fourth-order valence-electron chi connectivity index (χ4n) is 4.52. The number of carbonyl (C=O) groups is 2. The number of likely N-dealkylation sites (N-methyl/N-ethyl adjacent to an activating group) is 1. The number of methoxy groups -OCH3 is 1. The SMILES string of the molecule is COc1ccc(N2C(=O)Nc3c(C(=O)N[C@@H]4CCCN(C)C4)sc4nccc2c34)c(C)c1. The first-order valence-corrected chi connectivity index (χ1v) is 11.4. The molecule has 2 aliphatic rings. The molecule has 0 spiro atoms. The van der Waals surface area contributed by atoms with E-state index in [1.54, 1.807) is 18.2 Å². The van der Waals surface area contributed by atoms with Crippen molar-refractivity contribution in [3.63, 3.8) is 0 Å². The quantitative estimate of drug-likeness (QED) is 0.623. The van der Waals surface area contributed by atoms with E-state index in [2.05, 4.69) is 27.6 Å². The third-order valence-electron chi connectivity index (χ3n) is 6.06. The molecule has 0 saturated carbocycles. The zero-order valence-corrected chi connectivity index (χ0v) is 19.1. The van der Waals surface area contributed by atoms with Crippen molar-refractivity contribution in [3.05, 3.63) is 40.9 Å².